The van der Waals surface area contributed by atoms with Crippen LogP contribution >= 0.6 is 0 Å². The Bertz CT molecular complexity index is 78.6. The first kappa shape index (κ1) is 6.59. The standard InChI is InChI=1S/C4H5N.Co.O/c1-2-4-5-3-1;;/h1-5H;;. The average Bonchev–Trinajstić information content (AvgIpc) is 2.23. The molecule has 0 unspecified atom stereocenters. The zero-order chi connectivity index (χ0) is 5.54. The maximum Gasteiger partial charge on any atom is 0.000496 e. The molecule has 0 radical (unpaired) electrons. The van der Waals surface area contributed by atoms with Gasteiger partial charge in [0.1, 0.15) is 0 Å². The van der Waals surface area contributed by atoms with Crippen LogP contribution in [0.2, 0.25) is 0 Å². The summed E-state index contributed by atoms with van der Waals surface area (Å²) in [6.45, 7) is 0. The molecule has 0 aliphatic carbocycles. The van der Waals surface area contributed by atoms with Crippen LogP contribution in [-0.2, 0) is 19.5 Å². The van der Waals surface area contributed by atoms with E-state index in [0.29, 0.717) is 0 Å². The zero-order valence-corrected chi connectivity index (χ0v) is 4.59. The van der Waals surface area contributed by atoms with Crippen molar-refractivity contribution in [1.29, 1.82) is 0 Å². The molecule has 1 aromatic heterocycles. The minimum absolute atomic E-state index is 1.88. The number of nitrogens with one attached hydrogen (secondary N) is 1. The molecule has 3 heteroatoms. The first-order valence-electron chi connectivity index (χ1n) is 1.71. The Morgan fingerprint density at radius 3 is 1.71 bits per heavy atom. The first-order chi connectivity index (χ1) is 3.50. The van der Waals surface area contributed by atoms with Crippen LogP contribution in [0.4, 0.5) is 0 Å². The van der Waals surface area contributed by atoms with Gasteiger partial charge in [-0.05, 0) is 12.1 Å². The smallest absolute Gasteiger partial charge is 0.000496 e. The third-order valence-corrected chi connectivity index (χ3v) is 0.496. The van der Waals surface area contributed by atoms with E-state index in [0.717, 1.165) is 0 Å². The maximum atomic E-state index is 7.94. The Morgan fingerprint density at radius 1 is 1.14 bits per heavy atom. The van der Waals surface area contributed by atoms with Crippen LogP contribution in [0, 0.1) is 0 Å². The van der Waals surface area contributed by atoms with Gasteiger partial charge in [-0.1, -0.05) is 0 Å². The summed E-state index contributed by atoms with van der Waals surface area (Å²) in [5.41, 5.74) is 0. The van der Waals surface area contributed by atoms with E-state index in [1.54, 1.807) is 0 Å². The van der Waals surface area contributed by atoms with Gasteiger partial charge in [0.25, 0.3) is 0 Å². The summed E-state index contributed by atoms with van der Waals surface area (Å²) >= 11 is 2.31. The quantitative estimate of drug-likeness (QED) is 0.573. The number of aromatic amines is 1. The van der Waals surface area contributed by atoms with Crippen molar-refractivity contribution >= 4 is 0 Å². The van der Waals surface area contributed by atoms with Crippen molar-refractivity contribution in [3.8, 4) is 0 Å². The topological polar surface area (TPSA) is 32.9 Å². The van der Waals surface area contributed by atoms with E-state index in [1.807, 2.05) is 24.5 Å². The van der Waals surface area contributed by atoms with Crippen molar-refractivity contribution in [3.05, 3.63) is 24.5 Å². The second-order valence-electron chi connectivity index (χ2n) is 0.885. The van der Waals surface area contributed by atoms with Gasteiger partial charge < -0.3 is 4.98 Å². The van der Waals surface area contributed by atoms with Crippen LogP contribution in [0.3, 0.4) is 0 Å². The molecule has 0 atom stereocenters. The Labute approximate surface area is 49.7 Å². The van der Waals surface area contributed by atoms with Gasteiger partial charge in [-0.25, -0.2) is 0 Å². The van der Waals surface area contributed by atoms with E-state index in [4.69, 9.17) is 3.87 Å². The fourth-order valence-electron chi connectivity index (χ4n) is 0.278. The molecule has 1 rings (SSSR count). The van der Waals surface area contributed by atoms with Crippen molar-refractivity contribution in [1.82, 2.24) is 4.98 Å². The van der Waals surface area contributed by atoms with Crippen LogP contribution in [0.25, 0.3) is 0 Å². The van der Waals surface area contributed by atoms with Gasteiger partial charge in [0.15, 0.2) is 0 Å². The minimum Gasteiger partial charge on any atom is -0.368 e. The third-order valence-electron chi connectivity index (χ3n) is 0.496. The van der Waals surface area contributed by atoms with Gasteiger partial charge in [-0.3, -0.25) is 0 Å². The molecule has 1 N–H and O–H groups in total. The molecule has 7 heavy (non-hydrogen) atoms. The van der Waals surface area contributed by atoms with Gasteiger partial charge in [-0.2, -0.15) is 0 Å². The summed E-state index contributed by atoms with van der Waals surface area (Å²) in [6.07, 6.45) is 3.75. The molecule has 0 spiro atoms. The van der Waals surface area contributed by atoms with E-state index in [2.05, 4.69) is 20.7 Å². The molecule has 0 aliphatic heterocycles. The third kappa shape index (κ3) is 3.42. The zero-order valence-electron chi connectivity index (χ0n) is 3.55. The van der Waals surface area contributed by atoms with Crippen LogP contribution < -0.4 is 0 Å². The van der Waals surface area contributed by atoms with Crippen LogP contribution in [0.5, 0.6) is 0 Å². The van der Waals surface area contributed by atoms with Crippen LogP contribution in [-0.4, -0.2) is 4.98 Å². The van der Waals surface area contributed by atoms with E-state index in [9.17, 15) is 0 Å². The SMILES string of the molecule is [O]=[Co].c1cc[nH]c1. The Morgan fingerprint density at radius 2 is 1.57 bits per heavy atom. The van der Waals surface area contributed by atoms with Gasteiger partial charge in [0.2, 0.25) is 0 Å². The molecule has 0 fully saturated rings. The van der Waals surface area contributed by atoms with E-state index < -0.39 is 0 Å². The molecule has 41 valence electrons. The summed E-state index contributed by atoms with van der Waals surface area (Å²) in [4.78, 5) is 2.86. The molecule has 0 amide bonds. The summed E-state index contributed by atoms with van der Waals surface area (Å²) in [5, 5.41) is 0. The molecule has 0 aromatic carbocycles. The van der Waals surface area contributed by atoms with E-state index in [1.165, 1.54) is 0 Å². The summed E-state index contributed by atoms with van der Waals surface area (Å²) in [7, 11) is 0. The van der Waals surface area contributed by atoms with Crippen LogP contribution in [0.15, 0.2) is 24.5 Å². The average molecular weight is 142 g/mol. The number of rotatable bonds is 0. The fourth-order valence-corrected chi connectivity index (χ4v) is 0.278. The second kappa shape index (κ2) is 5.59. The van der Waals surface area contributed by atoms with Gasteiger partial charge >= 0.3 is 19.5 Å². The first-order valence-corrected chi connectivity index (χ1v) is 2.14. The molecule has 1 aromatic rings. The van der Waals surface area contributed by atoms with E-state index in [-0.39, 0.29) is 0 Å². The molecular formula is C4H5CoNO. The molecular weight excluding hydrogens is 137 g/mol. The monoisotopic (exact) mass is 142 g/mol. The van der Waals surface area contributed by atoms with Crippen molar-refractivity contribution in [3.63, 3.8) is 0 Å². The maximum absolute atomic E-state index is 7.94. The largest absolute Gasteiger partial charge is 0.368 e. The minimum atomic E-state index is 1.88. The summed E-state index contributed by atoms with van der Waals surface area (Å²) < 4.78 is 7.94. The van der Waals surface area contributed by atoms with Crippen molar-refractivity contribution in [2.75, 3.05) is 0 Å². The number of H-pyrrole nitrogens is 1. The van der Waals surface area contributed by atoms with Gasteiger partial charge in [-0.15, -0.1) is 0 Å². The van der Waals surface area contributed by atoms with Gasteiger partial charge in [0.05, 0.1) is 0 Å². The van der Waals surface area contributed by atoms with Gasteiger partial charge in [0, 0.05) is 12.4 Å². The Hall–Kier alpha value is -0.414. The predicted molar refractivity (Wildman–Crippen MR) is 21.5 cm³/mol. The second-order valence-corrected chi connectivity index (χ2v) is 0.885. The number of hydrogen-bond donors (Lipinski definition) is 1. The number of hydrogen-bond acceptors (Lipinski definition) is 1. The molecule has 0 saturated heterocycles. The molecule has 2 nitrogen and oxygen atoms in total. The predicted octanol–water partition coefficient (Wildman–Crippen LogP) is 0.893. The Balaban J connectivity index is 0.000000162. The summed E-state index contributed by atoms with van der Waals surface area (Å²) in [6, 6.07) is 3.89. The molecule has 0 saturated carbocycles. The van der Waals surface area contributed by atoms with Crippen molar-refractivity contribution in [2.24, 2.45) is 0 Å². The molecule has 0 aliphatic rings. The van der Waals surface area contributed by atoms with Crippen molar-refractivity contribution in [2.45, 2.75) is 0 Å². The van der Waals surface area contributed by atoms with E-state index >= 15 is 0 Å². The van der Waals surface area contributed by atoms with Crippen LogP contribution in [0.1, 0.15) is 0 Å². The molecule has 1 heterocycles. The Kier molecular flexibility index (Phi) is 5.26. The molecule has 0 bridgehead atoms. The normalized spacial score (nSPS) is 6.43. The summed E-state index contributed by atoms with van der Waals surface area (Å²) in [5.74, 6) is 0. The fraction of sp³-hybridized carbons (Fsp3) is 0. The van der Waals surface area contributed by atoms with Crippen molar-refractivity contribution < 1.29 is 19.5 Å². The number of aromatic nitrogens is 1.